The highest BCUT2D eigenvalue weighted by Gasteiger charge is 2.26. The first kappa shape index (κ1) is 14.6. The fraction of sp³-hybridized carbons (Fsp3) is 0.562. The van der Waals surface area contributed by atoms with Gasteiger partial charge in [-0.25, -0.2) is 0 Å². The van der Waals surface area contributed by atoms with Crippen molar-refractivity contribution in [2.45, 2.75) is 52.1 Å². The maximum atomic E-state index is 11.7. The highest BCUT2D eigenvalue weighted by Crippen LogP contribution is 2.33. The van der Waals surface area contributed by atoms with Crippen molar-refractivity contribution in [3.05, 3.63) is 28.2 Å². The topological polar surface area (TPSA) is 26.3 Å². The van der Waals surface area contributed by atoms with E-state index >= 15 is 0 Å². The smallest absolute Gasteiger partial charge is 0.163 e. The van der Waals surface area contributed by atoms with E-state index in [1.807, 2.05) is 18.2 Å². The van der Waals surface area contributed by atoms with Crippen molar-refractivity contribution in [2.75, 3.05) is 0 Å². The second kappa shape index (κ2) is 6.56. The van der Waals surface area contributed by atoms with E-state index in [9.17, 15) is 4.79 Å². The van der Waals surface area contributed by atoms with Crippen molar-refractivity contribution in [1.82, 2.24) is 0 Å². The molecule has 1 aromatic carbocycles. The van der Waals surface area contributed by atoms with Crippen LogP contribution in [0, 0.1) is 5.92 Å². The summed E-state index contributed by atoms with van der Waals surface area (Å²) in [6.45, 7) is 3.81. The molecule has 0 heterocycles. The Bertz CT molecular complexity index is 456. The number of carbonyl (C=O) groups excluding carboxylic acids is 1. The van der Waals surface area contributed by atoms with Gasteiger partial charge >= 0.3 is 0 Å². The molecule has 0 spiro atoms. The number of hydrogen-bond donors (Lipinski definition) is 0. The number of rotatable bonds is 4. The molecular weight excluding hydrogens is 304 g/mol. The van der Waals surface area contributed by atoms with E-state index in [4.69, 9.17) is 4.74 Å². The summed E-state index contributed by atoms with van der Waals surface area (Å²) in [5.41, 5.74) is 0.684. The van der Waals surface area contributed by atoms with Crippen molar-refractivity contribution in [3.8, 4) is 5.75 Å². The number of halogens is 1. The molecule has 19 heavy (non-hydrogen) atoms. The molecule has 0 aromatic heterocycles. The average molecular weight is 325 g/mol. The van der Waals surface area contributed by atoms with Gasteiger partial charge in [-0.1, -0.05) is 29.3 Å². The molecule has 0 bridgehead atoms. The first-order chi connectivity index (χ1) is 9.11. The lowest BCUT2D eigenvalue weighted by Crippen LogP contribution is -2.30. The summed E-state index contributed by atoms with van der Waals surface area (Å²) in [5, 5.41) is 0. The van der Waals surface area contributed by atoms with Crippen LogP contribution < -0.4 is 4.74 Å². The van der Waals surface area contributed by atoms with Gasteiger partial charge < -0.3 is 4.74 Å². The Hall–Kier alpha value is -0.830. The summed E-state index contributed by atoms with van der Waals surface area (Å²) in [5.74, 6) is 1.41. The van der Waals surface area contributed by atoms with Crippen LogP contribution in [0.25, 0.3) is 0 Å². The van der Waals surface area contributed by atoms with Crippen molar-refractivity contribution >= 4 is 21.7 Å². The van der Waals surface area contributed by atoms with Crippen LogP contribution in [0.4, 0.5) is 0 Å². The van der Waals surface area contributed by atoms with Crippen LogP contribution in [0.2, 0.25) is 0 Å². The molecule has 0 radical (unpaired) electrons. The maximum Gasteiger partial charge on any atom is 0.163 e. The number of hydrogen-bond acceptors (Lipinski definition) is 2. The summed E-state index contributed by atoms with van der Waals surface area (Å²) >= 11 is 3.45. The highest BCUT2D eigenvalue weighted by molar-refractivity contribution is 9.10. The van der Waals surface area contributed by atoms with Crippen molar-refractivity contribution < 1.29 is 9.53 Å². The lowest BCUT2D eigenvalue weighted by atomic mass is 9.84. The molecule has 1 aliphatic carbocycles. The minimum atomic E-state index is 0.0614. The molecule has 0 saturated heterocycles. The van der Waals surface area contributed by atoms with Crippen LogP contribution in [0.15, 0.2) is 22.7 Å². The minimum absolute atomic E-state index is 0.0614. The quantitative estimate of drug-likeness (QED) is 0.728. The number of ketones is 1. The number of Topliss-reactive ketones (excluding diaryl/α,β-unsaturated/α-hetero) is 1. The fourth-order valence-corrected chi connectivity index (χ4v) is 3.18. The third-order valence-corrected chi connectivity index (χ3v) is 4.46. The molecule has 1 fully saturated rings. The highest BCUT2D eigenvalue weighted by atomic mass is 79.9. The molecule has 2 atom stereocenters. The SMILES string of the molecule is CCC1CCCCC1Oc1cc(Br)ccc1C(C)=O. The number of ether oxygens (including phenoxy) is 1. The van der Waals surface area contributed by atoms with Gasteiger partial charge in [0.05, 0.1) is 5.56 Å². The molecule has 0 aliphatic heterocycles. The molecule has 104 valence electrons. The zero-order valence-corrected chi connectivity index (χ0v) is 13.2. The molecule has 1 aromatic rings. The predicted octanol–water partition coefficient (Wildman–Crippen LogP) is 5.00. The summed E-state index contributed by atoms with van der Waals surface area (Å²) in [4.78, 5) is 11.7. The van der Waals surface area contributed by atoms with E-state index in [1.165, 1.54) is 19.3 Å². The lowest BCUT2D eigenvalue weighted by Gasteiger charge is -2.31. The summed E-state index contributed by atoms with van der Waals surface area (Å²) in [6.07, 6.45) is 6.27. The van der Waals surface area contributed by atoms with Crippen molar-refractivity contribution in [3.63, 3.8) is 0 Å². The zero-order valence-electron chi connectivity index (χ0n) is 11.6. The van der Waals surface area contributed by atoms with Crippen LogP contribution in [0.1, 0.15) is 56.3 Å². The molecular formula is C16H21BrO2. The monoisotopic (exact) mass is 324 g/mol. The third-order valence-electron chi connectivity index (χ3n) is 3.97. The zero-order chi connectivity index (χ0) is 13.8. The van der Waals surface area contributed by atoms with Crippen LogP contribution in [-0.4, -0.2) is 11.9 Å². The first-order valence-corrected chi connectivity index (χ1v) is 7.88. The van der Waals surface area contributed by atoms with E-state index in [0.717, 1.165) is 23.1 Å². The summed E-state index contributed by atoms with van der Waals surface area (Å²) in [7, 11) is 0. The Morgan fingerprint density at radius 1 is 1.37 bits per heavy atom. The standard InChI is InChI=1S/C16H21BrO2/c1-3-12-6-4-5-7-15(12)19-16-10-13(17)8-9-14(16)11(2)18/h8-10,12,15H,3-7H2,1-2H3. The molecule has 2 rings (SSSR count). The molecule has 1 aliphatic rings. The van der Waals surface area contributed by atoms with Gasteiger partial charge in [-0.2, -0.15) is 0 Å². The Morgan fingerprint density at radius 3 is 2.79 bits per heavy atom. The largest absolute Gasteiger partial charge is 0.489 e. The first-order valence-electron chi connectivity index (χ1n) is 7.09. The predicted molar refractivity (Wildman–Crippen MR) is 80.8 cm³/mol. The van der Waals surface area contributed by atoms with Gasteiger partial charge in [0.1, 0.15) is 11.9 Å². The van der Waals surface area contributed by atoms with Crippen LogP contribution in [0.5, 0.6) is 5.75 Å². The van der Waals surface area contributed by atoms with E-state index < -0.39 is 0 Å². The molecule has 3 heteroatoms. The Kier molecular flexibility index (Phi) is 5.03. The number of benzene rings is 1. The van der Waals surface area contributed by atoms with Crippen LogP contribution in [0.3, 0.4) is 0 Å². The van der Waals surface area contributed by atoms with Crippen LogP contribution >= 0.6 is 15.9 Å². The molecule has 0 amide bonds. The minimum Gasteiger partial charge on any atom is -0.489 e. The third kappa shape index (κ3) is 3.59. The number of carbonyl (C=O) groups is 1. The van der Waals surface area contributed by atoms with Crippen molar-refractivity contribution in [2.24, 2.45) is 5.92 Å². The molecule has 0 N–H and O–H groups in total. The van der Waals surface area contributed by atoms with Gasteiger partial charge in [0.2, 0.25) is 0 Å². The average Bonchev–Trinajstić information content (AvgIpc) is 2.39. The Morgan fingerprint density at radius 2 is 2.11 bits per heavy atom. The Labute approximate surface area is 123 Å². The van der Waals surface area contributed by atoms with Gasteiger partial charge in [-0.3, -0.25) is 4.79 Å². The molecule has 2 unspecified atom stereocenters. The van der Waals surface area contributed by atoms with Gasteiger partial charge in [0, 0.05) is 4.47 Å². The second-order valence-electron chi connectivity index (χ2n) is 5.31. The van der Waals surface area contributed by atoms with E-state index in [0.29, 0.717) is 11.5 Å². The van der Waals surface area contributed by atoms with E-state index in [-0.39, 0.29) is 11.9 Å². The fourth-order valence-electron chi connectivity index (χ4n) is 2.84. The van der Waals surface area contributed by atoms with Crippen molar-refractivity contribution in [1.29, 1.82) is 0 Å². The van der Waals surface area contributed by atoms with Gasteiger partial charge in [-0.15, -0.1) is 0 Å². The molecule has 1 saturated carbocycles. The van der Waals surface area contributed by atoms with Gasteiger partial charge in [0.25, 0.3) is 0 Å². The second-order valence-corrected chi connectivity index (χ2v) is 6.22. The Balaban J connectivity index is 2.21. The van der Waals surface area contributed by atoms with Gasteiger partial charge in [-0.05, 0) is 56.7 Å². The van der Waals surface area contributed by atoms with Crippen LogP contribution in [-0.2, 0) is 0 Å². The summed E-state index contributed by atoms with van der Waals surface area (Å²) < 4.78 is 7.14. The maximum absolute atomic E-state index is 11.7. The lowest BCUT2D eigenvalue weighted by molar-refractivity contribution is 0.0865. The molecule has 2 nitrogen and oxygen atoms in total. The van der Waals surface area contributed by atoms with Gasteiger partial charge in [0.15, 0.2) is 5.78 Å². The van der Waals surface area contributed by atoms with E-state index in [1.54, 1.807) is 6.92 Å². The summed E-state index contributed by atoms with van der Waals surface area (Å²) in [6, 6.07) is 5.64. The normalized spacial score (nSPS) is 23.1. The van der Waals surface area contributed by atoms with E-state index in [2.05, 4.69) is 22.9 Å².